The van der Waals surface area contributed by atoms with Gasteiger partial charge in [0.05, 0.1) is 6.42 Å². The van der Waals surface area contributed by atoms with Gasteiger partial charge < -0.3 is 5.32 Å². The number of hydrogen-bond acceptors (Lipinski definition) is 5. The van der Waals surface area contributed by atoms with Crippen LogP contribution in [0.15, 0.2) is 12.3 Å². The van der Waals surface area contributed by atoms with Crippen molar-refractivity contribution in [1.29, 1.82) is 0 Å². The van der Waals surface area contributed by atoms with E-state index in [0.29, 0.717) is 0 Å². The Kier molecular flexibility index (Phi) is 3.84. The van der Waals surface area contributed by atoms with Gasteiger partial charge in [-0.1, -0.05) is 0 Å². The van der Waals surface area contributed by atoms with Crippen molar-refractivity contribution in [2.24, 2.45) is 0 Å². The third-order valence-electron chi connectivity index (χ3n) is 2.95. The quantitative estimate of drug-likeness (QED) is 0.855. The molecule has 114 valence electrons. The zero-order valence-electron chi connectivity index (χ0n) is 11.3. The first kappa shape index (κ1) is 15.2. The van der Waals surface area contributed by atoms with Gasteiger partial charge in [0, 0.05) is 12.2 Å². The van der Waals surface area contributed by atoms with Crippen LogP contribution in [-0.4, -0.2) is 38.8 Å². The highest BCUT2D eigenvalue weighted by Gasteiger charge is 2.40. The van der Waals surface area contributed by atoms with Crippen LogP contribution in [0.2, 0.25) is 0 Å². The Morgan fingerprint density at radius 1 is 1.38 bits per heavy atom. The maximum absolute atomic E-state index is 12.5. The van der Waals surface area contributed by atoms with Crippen molar-refractivity contribution in [3.05, 3.63) is 18.0 Å². The number of carbonyl (C=O) groups is 2. The fourth-order valence-corrected chi connectivity index (χ4v) is 2.05. The van der Waals surface area contributed by atoms with Crippen LogP contribution in [-0.2, 0) is 15.8 Å². The van der Waals surface area contributed by atoms with Crippen LogP contribution in [0.3, 0.4) is 0 Å². The van der Waals surface area contributed by atoms with Crippen LogP contribution in [0.5, 0.6) is 0 Å². The number of halogens is 3. The maximum Gasteiger partial charge on any atom is 0.433 e. The number of hydrogen-bond donors (Lipinski definition) is 1. The van der Waals surface area contributed by atoms with Crippen molar-refractivity contribution in [3.63, 3.8) is 0 Å². The summed E-state index contributed by atoms with van der Waals surface area (Å²) in [6.07, 6.45) is -3.78. The highest BCUT2D eigenvalue weighted by Crippen LogP contribution is 2.28. The van der Waals surface area contributed by atoms with E-state index < -0.39 is 23.8 Å². The van der Waals surface area contributed by atoms with Crippen molar-refractivity contribution in [2.45, 2.75) is 38.5 Å². The predicted octanol–water partition coefficient (Wildman–Crippen LogP) is 1.44. The number of anilines is 1. The molecule has 6 nitrogen and oxygen atoms in total. The first-order valence-electron chi connectivity index (χ1n) is 6.23. The molecule has 1 atom stereocenters. The third-order valence-corrected chi connectivity index (χ3v) is 2.95. The van der Waals surface area contributed by atoms with E-state index in [1.54, 1.807) is 13.8 Å². The van der Waals surface area contributed by atoms with E-state index in [1.807, 2.05) is 0 Å². The standard InChI is InChI=1S/C12H13F3N4O2/c1-6(2)19-9(20)5-7(10(19)21)17-11-16-4-3-8(18-11)12(13,14)15/h3-4,6-7H,5H2,1-2H3,(H,16,17,18). The van der Waals surface area contributed by atoms with Gasteiger partial charge in [0.15, 0.2) is 0 Å². The fraction of sp³-hybridized carbons (Fsp3) is 0.500. The first-order valence-corrected chi connectivity index (χ1v) is 6.23. The number of carbonyl (C=O) groups excluding carboxylic acids is 2. The summed E-state index contributed by atoms with van der Waals surface area (Å²) in [7, 11) is 0. The predicted molar refractivity (Wildman–Crippen MR) is 66.1 cm³/mol. The van der Waals surface area contributed by atoms with E-state index in [2.05, 4.69) is 15.3 Å². The second-order valence-corrected chi connectivity index (χ2v) is 4.86. The topological polar surface area (TPSA) is 75.2 Å². The van der Waals surface area contributed by atoms with Crippen LogP contribution >= 0.6 is 0 Å². The van der Waals surface area contributed by atoms with Gasteiger partial charge in [-0.2, -0.15) is 13.2 Å². The molecule has 1 aromatic heterocycles. The van der Waals surface area contributed by atoms with Crippen molar-refractivity contribution in [3.8, 4) is 0 Å². The minimum Gasteiger partial charge on any atom is -0.342 e. The van der Waals surface area contributed by atoms with E-state index in [4.69, 9.17) is 0 Å². The molecule has 0 spiro atoms. The number of likely N-dealkylation sites (tertiary alicyclic amines) is 1. The lowest BCUT2D eigenvalue weighted by atomic mass is 10.2. The van der Waals surface area contributed by atoms with Crippen molar-refractivity contribution >= 4 is 17.8 Å². The number of alkyl halides is 3. The van der Waals surface area contributed by atoms with Crippen LogP contribution in [0.25, 0.3) is 0 Å². The minimum absolute atomic E-state index is 0.128. The lowest BCUT2D eigenvalue weighted by molar-refractivity contribution is -0.141. The molecule has 0 aromatic carbocycles. The van der Waals surface area contributed by atoms with E-state index in [1.165, 1.54) is 0 Å². The molecule has 0 bridgehead atoms. The molecule has 1 fully saturated rings. The lowest BCUT2D eigenvalue weighted by Crippen LogP contribution is -2.39. The van der Waals surface area contributed by atoms with Gasteiger partial charge in [-0.25, -0.2) is 9.97 Å². The molecule has 1 aliphatic rings. The zero-order valence-corrected chi connectivity index (χ0v) is 11.3. The normalized spacial score (nSPS) is 19.5. The molecule has 21 heavy (non-hydrogen) atoms. The molecular formula is C12H13F3N4O2. The van der Waals surface area contributed by atoms with Crippen molar-refractivity contribution in [1.82, 2.24) is 14.9 Å². The van der Waals surface area contributed by atoms with Crippen LogP contribution in [0.4, 0.5) is 19.1 Å². The Labute approximate surface area is 118 Å². The Hall–Kier alpha value is -2.19. The minimum atomic E-state index is -4.60. The number of aromatic nitrogens is 2. The molecule has 0 saturated carbocycles. The van der Waals surface area contributed by atoms with Crippen LogP contribution < -0.4 is 5.32 Å². The van der Waals surface area contributed by atoms with E-state index in [0.717, 1.165) is 17.2 Å². The molecule has 1 aliphatic heterocycles. The number of amides is 2. The average Bonchev–Trinajstić information content (AvgIpc) is 2.63. The Balaban J connectivity index is 2.16. The Bertz CT molecular complexity index is 574. The summed E-state index contributed by atoms with van der Waals surface area (Å²) in [5.41, 5.74) is -1.11. The number of nitrogens with one attached hydrogen (secondary N) is 1. The van der Waals surface area contributed by atoms with Crippen LogP contribution in [0, 0.1) is 0 Å². The van der Waals surface area contributed by atoms with Gasteiger partial charge in [0.2, 0.25) is 11.9 Å². The summed E-state index contributed by atoms with van der Waals surface area (Å²) in [5, 5.41) is 2.48. The summed E-state index contributed by atoms with van der Waals surface area (Å²) < 4.78 is 37.6. The van der Waals surface area contributed by atoms with Crippen molar-refractivity contribution in [2.75, 3.05) is 5.32 Å². The van der Waals surface area contributed by atoms with Gasteiger partial charge in [-0.15, -0.1) is 0 Å². The monoisotopic (exact) mass is 302 g/mol. The molecule has 0 radical (unpaired) electrons. The highest BCUT2D eigenvalue weighted by atomic mass is 19.4. The second kappa shape index (κ2) is 5.30. The molecule has 1 saturated heterocycles. The van der Waals surface area contributed by atoms with E-state index in [-0.39, 0.29) is 24.3 Å². The lowest BCUT2D eigenvalue weighted by Gasteiger charge is -2.19. The Morgan fingerprint density at radius 2 is 2.05 bits per heavy atom. The first-order chi connectivity index (χ1) is 9.70. The van der Waals surface area contributed by atoms with E-state index in [9.17, 15) is 22.8 Å². The SMILES string of the molecule is CC(C)N1C(=O)CC(Nc2nccc(C(F)(F)F)n2)C1=O. The average molecular weight is 302 g/mol. The van der Waals surface area contributed by atoms with Gasteiger partial charge in [-0.05, 0) is 19.9 Å². The maximum atomic E-state index is 12.5. The highest BCUT2D eigenvalue weighted by molar-refractivity contribution is 6.06. The fourth-order valence-electron chi connectivity index (χ4n) is 2.05. The molecule has 9 heteroatoms. The number of imide groups is 1. The summed E-state index contributed by atoms with van der Waals surface area (Å²) in [4.78, 5) is 31.7. The second-order valence-electron chi connectivity index (χ2n) is 4.86. The molecular weight excluding hydrogens is 289 g/mol. The molecule has 1 unspecified atom stereocenters. The molecule has 1 aromatic rings. The number of nitrogens with zero attached hydrogens (tertiary/aromatic N) is 3. The Morgan fingerprint density at radius 3 is 2.57 bits per heavy atom. The molecule has 2 rings (SSSR count). The van der Waals surface area contributed by atoms with Gasteiger partial charge in [-0.3, -0.25) is 14.5 Å². The van der Waals surface area contributed by atoms with Gasteiger partial charge >= 0.3 is 6.18 Å². The van der Waals surface area contributed by atoms with Gasteiger partial charge in [0.25, 0.3) is 5.91 Å². The molecule has 0 aliphatic carbocycles. The molecule has 1 N–H and O–H groups in total. The smallest absolute Gasteiger partial charge is 0.342 e. The summed E-state index contributed by atoms with van der Waals surface area (Å²) in [5.74, 6) is -1.20. The summed E-state index contributed by atoms with van der Waals surface area (Å²) in [6.45, 7) is 3.36. The van der Waals surface area contributed by atoms with Crippen molar-refractivity contribution < 1.29 is 22.8 Å². The molecule has 2 amide bonds. The van der Waals surface area contributed by atoms with Gasteiger partial charge in [0.1, 0.15) is 11.7 Å². The number of rotatable bonds is 3. The molecule has 2 heterocycles. The summed E-state index contributed by atoms with van der Waals surface area (Å²) >= 11 is 0. The third kappa shape index (κ3) is 3.11. The largest absolute Gasteiger partial charge is 0.433 e. The summed E-state index contributed by atoms with van der Waals surface area (Å²) in [6, 6.07) is -0.518. The van der Waals surface area contributed by atoms with Crippen LogP contribution in [0.1, 0.15) is 26.0 Å². The zero-order chi connectivity index (χ0) is 15.8. The van der Waals surface area contributed by atoms with E-state index >= 15 is 0 Å².